The Balaban J connectivity index is 1.60. The molecule has 2 aliphatic heterocycles. The van der Waals surface area contributed by atoms with Crippen LogP contribution in [0, 0.1) is 0 Å². The van der Waals surface area contributed by atoms with Gasteiger partial charge in [0.15, 0.2) is 0 Å². The Morgan fingerprint density at radius 2 is 2.26 bits per heavy atom. The van der Waals surface area contributed by atoms with Gasteiger partial charge in [-0.15, -0.1) is 0 Å². The largest absolute Gasteiger partial charge is 0.492 e. The van der Waals surface area contributed by atoms with E-state index in [9.17, 15) is 0 Å². The van der Waals surface area contributed by atoms with Crippen LogP contribution in [0.5, 0.6) is 5.75 Å². The third-order valence-corrected chi connectivity index (χ3v) is 4.38. The van der Waals surface area contributed by atoms with E-state index in [-0.39, 0.29) is 0 Å². The molecule has 1 aromatic carbocycles. The van der Waals surface area contributed by atoms with Gasteiger partial charge in [0.05, 0.1) is 0 Å². The van der Waals surface area contributed by atoms with Gasteiger partial charge in [-0.05, 0) is 63.0 Å². The van der Waals surface area contributed by atoms with E-state index in [0.29, 0.717) is 6.04 Å². The Morgan fingerprint density at radius 3 is 3.16 bits per heavy atom. The number of likely N-dealkylation sites (N-methyl/N-ethyl adjacent to an activating group) is 1. The summed E-state index contributed by atoms with van der Waals surface area (Å²) in [5.41, 5.74) is 2.69. The summed E-state index contributed by atoms with van der Waals surface area (Å²) < 4.78 is 6.01. The van der Waals surface area contributed by atoms with Gasteiger partial charge in [0.25, 0.3) is 0 Å². The predicted molar refractivity (Wildman–Crippen MR) is 79.0 cm³/mol. The number of rotatable bonds is 3. The van der Waals surface area contributed by atoms with Crippen molar-refractivity contribution in [2.45, 2.75) is 38.1 Å². The summed E-state index contributed by atoms with van der Waals surface area (Å²) in [6.07, 6.45) is 6.33. The molecule has 1 unspecified atom stereocenters. The molecule has 2 aliphatic rings. The first-order valence-corrected chi connectivity index (χ1v) is 7.53. The minimum absolute atomic E-state index is 0.586. The van der Waals surface area contributed by atoms with Gasteiger partial charge in [0.1, 0.15) is 12.4 Å². The number of hydrogen-bond donors (Lipinski definition) is 1. The summed E-state index contributed by atoms with van der Waals surface area (Å²) in [6.45, 7) is 3.13. The average molecular weight is 260 g/mol. The number of anilines is 1. The quantitative estimate of drug-likeness (QED) is 0.904. The molecule has 2 heterocycles. The third kappa shape index (κ3) is 3.03. The van der Waals surface area contributed by atoms with Crippen molar-refractivity contribution in [3.63, 3.8) is 0 Å². The van der Waals surface area contributed by atoms with E-state index in [1.165, 1.54) is 49.9 Å². The molecule has 0 saturated carbocycles. The molecule has 0 radical (unpaired) electrons. The third-order valence-electron chi connectivity index (χ3n) is 4.38. The SMILES string of the molecule is CN1CCCCC1COc1ccc2c(c1)CCCN2. The second-order valence-corrected chi connectivity index (χ2v) is 5.79. The van der Waals surface area contributed by atoms with Gasteiger partial charge in [-0.25, -0.2) is 0 Å². The van der Waals surface area contributed by atoms with Gasteiger partial charge in [-0.1, -0.05) is 6.42 Å². The fourth-order valence-corrected chi connectivity index (χ4v) is 3.09. The highest BCUT2D eigenvalue weighted by Gasteiger charge is 2.19. The van der Waals surface area contributed by atoms with Crippen LogP contribution in [0.15, 0.2) is 18.2 Å². The van der Waals surface area contributed by atoms with Crippen molar-refractivity contribution in [1.82, 2.24) is 4.90 Å². The highest BCUT2D eigenvalue weighted by atomic mass is 16.5. The molecule has 3 nitrogen and oxygen atoms in total. The van der Waals surface area contributed by atoms with E-state index < -0.39 is 0 Å². The molecule has 0 bridgehead atoms. The van der Waals surface area contributed by atoms with Crippen LogP contribution in [0.25, 0.3) is 0 Å². The lowest BCUT2D eigenvalue weighted by molar-refractivity contribution is 0.125. The van der Waals surface area contributed by atoms with Crippen LogP contribution in [-0.2, 0) is 6.42 Å². The maximum Gasteiger partial charge on any atom is 0.119 e. The first-order chi connectivity index (χ1) is 9.33. The number of aryl methyl sites for hydroxylation is 1. The van der Waals surface area contributed by atoms with Crippen LogP contribution in [-0.4, -0.2) is 37.7 Å². The maximum atomic E-state index is 6.01. The lowest BCUT2D eigenvalue weighted by atomic mass is 10.0. The second kappa shape index (κ2) is 5.83. The molecular weight excluding hydrogens is 236 g/mol. The number of piperidine rings is 1. The van der Waals surface area contributed by atoms with E-state index in [0.717, 1.165) is 18.9 Å². The standard InChI is InChI=1S/C16H24N2O/c1-18-10-3-2-6-14(18)12-19-15-7-8-16-13(11-15)5-4-9-17-16/h7-8,11,14,17H,2-6,9-10,12H2,1H3. The zero-order valence-corrected chi connectivity index (χ0v) is 11.8. The van der Waals surface area contributed by atoms with Crippen LogP contribution in [0.3, 0.4) is 0 Å². The van der Waals surface area contributed by atoms with Gasteiger partial charge in [0.2, 0.25) is 0 Å². The van der Waals surface area contributed by atoms with Crippen molar-refractivity contribution in [1.29, 1.82) is 0 Å². The first kappa shape index (κ1) is 12.8. The number of fused-ring (bicyclic) bond motifs is 1. The zero-order chi connectivity index (χ0) is 13.1. The molecule has 0 spiro atoms. The number of hydrogen-bond acceptors (Lipinski definition) is 3. The number of nitrogens with one attached hydrogen (secondary N) is 1. The lowest BCUT2D eigenvalue weighted by Gasteiger charge is -2.32. The van der Waals surface area contributed by atoms with Crippen molar-refractivity contribution >= 4 is 5.69 Å². The summed E-state index contributed by atoms with van der Waals surface area (Å²) >= 11 is 0. The van der Waals surface area contributed by atoms with E-state index in [1.807, 2.05) is 0 Å². The van der Waals surface area contributed by atoms with E-state index in [2.05, 4.69) is 35.5 Å². The molecule has 1 saturated heterocycles. The Morgan fingerprint density at radius 1 is 1.32 bits per heavy atom. The van der Waals surface area contributed by atoms with Crippen molar-refractivity contribution in [2.24, 2.45) is 0 Å². The normalized spacial score (nSPS) is 23.5. The molecule has 3 rings (SSSR count). The fraction of sp³-hybridized carbons (Fsp3) is 0.625. The van der Waals surface area contributed by atoms with Crippen LogP contribution >= 0.6 is 0 Å². The molecule has 0 amide bonds. The van der Waals surface area contributed by atoms with Gasteiger partial charge < -0.3 is 15.0 Å². The van der Waals surface area contributed by atoms with Gasteiger partial charge in [0, 0.05) is 18.3 Å². The summed E-state index contributed by atoms with van der Waals surface area (Å²) in [7, 11) is 2.21. The molecule has 1 N–H and O–H groups in total. The maximum absolute atomic E-state index is 6.01. The molecule has 1 fully saturated rings. The minimum Gasteiger partial charge on any atom is -0.492 e. The Kier molecular flexibility index (Phi) is 3.92. The van der Waals surface area contributed by atoms with Crippen LogP contribution in [0.2, 0.25) is 0 Å². The summed E-state index contributed by atoms with van der Waals surface area (Å²) in [6, 6.07) is 7.06. The monoisotopic (exact) mass is 260 g/mol. The van der Waals surface area contributed by atoms with Crippen molar-refractivity contribution < 1.29 is 4.74 Å². The predicted octanol–water partition coefficient (Wildman–Crippen LogP) is 2.91. The summed E-state index contributed by atoms with van der Waals surface area (Å²) in [4.78, 5) is 2.43. The molecule has 1 aromatic rings. The van der Waals surface area contributed by atoms with Crippen LogP contribution in [0.4, 0.5) is 5.69 Å². The number of likely N-dealkylation sites (tertiary alicyclic amines) is 1. The Bertz CT molecular complexity index is 433. The summed E-state index contributed by atoms with van der Waals surface area (Å²) in [5, 5.41) is 3.44. The number of benzene rings is 1. The highest BCUT2D eigenvalue weighted by Crippen LogP contribution is 2.26. The van der Waals surface area contributed by atoms with Crippen LogP contribution < -0.4 is 10.1 Å². The fourth-order valence-electron chi connectivity index (χ4n) is 3.09. The van der Waals surface area contributed by atoms with E-state index in [1.54, 1.807) is 0 Å². The molecule has 19 heavy (non-hydrogen) atoms. The molecular formula is C16H24N2O. The number of nitrogens with zero attached hydrogens (tertiary/aromatic N) is 1. The van der Waals surface area contributed by atoms with Crippen molar-refractivity contribution in [3.05, 3.63) is 23.8 Å². The lowest BCUT2D eigenvalue weighted by Crippen LogP contribution is -2.40. The molecule has 3 heteroatoms. The molecule has 1 atom stereocenters. The first-order valence-electron chi connectivity index (χ1n) is 7.53. The Labute approximate surface area is 115 Å². The highest BCUT2D eigenvalue weighted by molar-refractivity contribution is 5.55. The molecule has 104 valence electrons. The Hall–Kier alpha value is -1.22. The van der Waals surface area contributed by atoms with Crippen molar-refractivity contribution in [3.8, 4) is 5.75 Å². The number of ether oxygens (including phenoxy) is 1. The second-order valence-electron chi connectivity index (χ2n) is 5.79. The topological polar surface area (TPSA) is 24.5 Å². The van der Waals surface area contributed by atoms with E-state index in [4.69, 9.17) is 4.74 Å². The van der Waals surface area contributed by atoms with Gasteiger partial charge in [-0.2, -0.15) is 0 Å². The minimum atomic E-state index is 0.586. The van der Waals surface area contributed by atoms with Gasteiger partial charge in [-0.3, -0.25) is 0 Å². The van der Waals surface area contributed by atoms with E-state index >= 15 is 0 Å². The summed E-state index contributed by atoms with van der Waals surface area (Å²) in [5.74, 6) is 1.03. The molecule has 0 aromatic heterocycles. The van der Waals surface area contributed by atoms with Gasteiger partial charge >= 0.3 is 0 Å². The smallest absolute Gasteiger partial charge is 0.119 e. The van der Waals surface area contributed by atoms with Crippen LogP contribution in [0.1, 0.15) is 31.2 Å². The molecule has 0 aliphatic carbocycles. The zero-order valence-electron chi connectivity index (χ0n) is 11.8. The van der Waals surface area contributed by atoms with Crippen molar-refractivity contribution in [2.75, 3.05) is 32.1 Å². The average Bonchev–Trinajstić information content (AvgIpc) is 2.46.